The van der Waals surface area contributed by atoms with Gasteiger partial charge in [0.2, 0.25) is 0 Å². The topological polar surface area (TPSA) is 75.7 Å². The number of esters is 1. The first-order chi connectivity index (χ1) is 16.7. The molecule has 2 aliphatic rings. The standard InChI is InChI=1S/C29H26N2O4/c1-18-17-29(2,3)30-24-14-13-20(16-23(18)24)35-28(34)25(15-19-9-5-4-6-10-19)31-26(32)21-11-7-8-12-22(21)27(31)33/h4-14,16-17,25,30H,15H2,1-3H3/t25-/m0/s1. The van der Waals surface area contributed by atoms with Crippen molar-refractivity contribution < 1.29 is 19.1 Å². The van der Waals surface area contributed by atoms with Gasteiger partial charge in [-0.15, -0.1) is 0 Å². The van der Waals surface area contributed by atoms with Crippen LogP contribution in [-0.2, 0) is 11.2 Å². The molecule has 3 aromatic rings. The van der Waals surface area contributed by atoms with E-state index in [1.807, 2.05) is 49.4 Å². The molecule has 2 aliphatic heterocycles. The number of anilines is 1. The number of nitrogens with zero attached hydrogens (tertiary/aromatic N) is 1. The van der Waals surface area contributed by atoms with Crippen molar-refractivity contribution in [1.82, 2.24) is 4.90 Å². The molecule has 2 amide bonds. The normalized spacial score (nSPS) is 16.7. The largest absolute Gasteiger partial charge is 0.425 e. The minimum absolute atomic E-state index is 0.157. The summed E-state index contributed by atoms with van der Waals surface area (Å²) in [6.45, 7) is 6.19. The van der Waals surface area contributed by atoms with Gasteiger partial charge in [0.05, 0.1) is 16.7 Å². The second kappa shape index (κ2) is 8.55. The van der Waals surface area contributed by atoms with Crippen molar-refractivity contribution in [3.8, 4) is 5.75 Å². The lowest BCUT2D eigenvalue weighted by Gasteiger charge is -2.31. The van der Waals surface area contributed by atoms with Crippen LogP contribution in [-0.4, -0.2) is 34.3 Å². The number of benzene rings is 3. The van der Waals surface area contributed by atoms with Gasteiger partial charge in [0.25, 0.3) is 11.8 Å². The number of hydrogen-bond acceptors (Lipinski definition) is 5. The zero-order valence-corrected chi connectivity index (χ0v) is 19.9. The van der Waals surface area contributed by atoms with Gasteiger partial charge in [-0.05, 0) is 62.2 Å². The second-order valence-corrected chi connectivity index (χ2v) is 9.53. The molecular weight excluding hydrogens is 440 g/mol. The Bertz CT molecular complexity index is 1340. The Hall–Kier alpha value is -4.19. The smallest absolute Gasteiger partial charge is 0.335 e. The predicted molar refractivity (Wildman–Crippen MR) is 134 cm³/mol. The van der Waals surface area contributed by atoms with Crippen LogP contribution in [0, 0.1) is 0 Å². The summed E-state index contributed by atoms with van der Waals surface area (Å²) in [4.78, 5) is 40.9. The molecule has 5 rings (SSSR count). The molecule has 0 bridgehead atoms. The third-order valence-electron chi connectivity index (χ3n) is 6.35. The van der Waals surface area contributed by atoms with E-state index >= 15 is 0 Å². The van der Waals surface area contributed by atoms with E-state index in [1.54, 1.807) is 30.3 Å². The van der Waals surface area contributed by atoms with Crippen LogP contribution in [0.5, 0.6) is 5.75 Å². The van der Waals surface area contributed by atoms with Gasteiger partial charge in [0, 0.05) is 17.7 Å². The van der Waals surface area contributed by atoms with Crippen LogP contribution >= 0.6 is 0 Å². The fourth-order valence-electron chi connectivity index (χ4n) is 4.82. The fraction of sp³-hybridized carbons (Fsp3) is 0.207. The molecule has 35 heavy (non-hydrogen) atoms. The van der Waals surface area contributed by atoms with Crippen molar-refractivity contribution in [1.29, 1.82) is 0 Å². The zero-order valence-electron chi connectivity index (χ0n) is 19.9. The quantitative estimate of drug-likeness (QED) is 0.321. The molecule has 1 atom stereocenters. The highest BCUT2D eigenvalue weighted by atomic mass is 16.5. The lowest BCUT2D eigenvalue weighted by atomic mass is 9.91. The van der Waals surface area contributed by atoms with Crippen LogP contribution in [0.4, 0.5) is 5.69 Å². The molecule has 0 spiro atoms. The van der Waals surface area contributed by atoms with E-state index in [9.17, 15) is 14.4 Å². The van der Waals surface area contributed by atoms with Crippen LogP contribution in [0.1, 0.15) is 52.6 Å². The van der Waals surface area contributed by atoms with Crippen molar-refractivity contribution >= 4 is 29.0 Å². The number of rotatable bonds is 5. The van der Waals surface area contributed by atoms with Gasteiger partial charge < -0.3 is 10.1 Å². The van der Waals surface area contributed by atoms with Crippen molar-refractivity contribution in [2.45, 2.75) is 38.8 Å². The van der Waals surface area contributed by atoms with Crippen molar-refractivity contribution in [2.24, 2.45) is 0 Å². The molecule has 0 fully saturated rings. The zero-order chi connectivity index (χ0) is 24.7. The van der Waals surface area contributed by atoms with Gasteiger partial charge in [0.1, 0.15) is 11.8 Å². The Labute approximate surface area is 204 Å². The maximum Gasteiger partial charge on any atom is 0.335 e. The lowest BCUT2D eigenvalue weighted by Crippen LogP contribution is -2.48. The molecule has 176 valence electrons. The lowest BCUT2D eigenvalue weighted by molar-refractivity contribution is -0.138. The van der Waals surface area contributed by atoms with E-state index < -0.39 is 23.8 Å². The van der Waals surface area contributed by atoms with E-state index in [2.05, 4.69) is 25.2 Å². The van der Waals surface area contributed by atoms with Gasteiger partial charge in [-0.3, -0.25) is 14.5 Å². The first-order valence-corrected chi connectivity index (χ1v) is 11.6. The molecule has 2 heterocycles. The molecule has 6 nitrogen and oxygen atoms in total. The fourth-order valence-corrected chi connectivity index (χ4v) is 4.82. The number of amides is 2. The summed E-state index contributed by atoms with van der Waals surface area (Å²) in [5, 5.41) is 3.45. The summed E-state index contributed by atoms with van der Waals surface area (Å²) >= 11 is 0. The summed E-state index contributed by atoms with van der Waals surface area (Å²) < 4.78 is 5.78. The maximum absolute atomic E-state index is 13.5. The third-order valence-corrected chi connectivity index (χ3v) is 6.35. The average Bonchev–Trinajstić information content (AvgIpc) is 3.08. The van der Waals surface area contributed by atoms with Crippen LogP contribution in [0.25, 0.3) is 5.57 Å². The van der Waals surface area contributed by atoms with E-state index in [1.165, 1.54) is 0 Å². The summed E-state index contributed by atoms with van der Waals surface area (Å²) in [6, 6.07) is 20.2. The monoisotopic (exact) mass is 466 g/mol. The molecule has 0 saturated carbocycles. The number of carbonyl (C=O) groups excluding carboxylic acids is 3. The Morgan fingerprint density at radius 3 is 2.20 bits per heavy atom. The number of imide groups is 1. The average molecular weight is 467 g/mol. The van der Waals surface area contributed by atoms with Gasteiger partial charge >= 0.3 is 5.97 Å². The number of fused-ring (bicyclic) bond motifs is 2. The molecule has 0 aliphatic carbocycles. The first-order valence-electron chi connectivity index (χ1n) is 11.6. The Morgan fingerprint density at radius 1 is 0.914 bits per heavy atom. The SMILES string of the molecule is CC1=CC(C)(C)Nc2ccc(OC(=O)[C@H](Cc3ccccc3)N3C(=O)c4ccccc4C3=O)cc21. The maximum atomic E-state index is 13.5. The molecule has 6 heteroatoms. The van der Waals surface area contributed by atoms with Gasteiger partial charge in [-0.1, -0.05) is 48.5 Å². The number of carbonyl (C=O) groups is 3. The highest BCUT2D eigenvalue weighted by molar-refractivity contribution is 6.22. The van der Waals surface area contributed by atoms with Crippen LogP contribution in [0.3, 0.4) is 0 Å². The van der Waals surface area contributed by atoms with Gasteiger partial charge in [-0.25, -0.2) is 4.79 Å². The Morgan fingerprint density at radius 2 is 1.54 bits per heavy atom. The number of hydrogen-bond donors (Lipinski definition) is 1. The van der Waals surface area contributed by atoms with Gasteiger partial charge in [-0.2, -0.15) is 0 Å². The minimum Gasteiger partial charge on any atom is -0.425 e. The Kier molecular flexibility index (Phi) is 5.52. The molecular formula is C29H26N2O4. The summed E-state index contributed by atoms with van der Waals surface area (Å²) in [7, 11) is 0. The van der Waals surface area contributed by atoms with Gasteiger partial charge in [0.15, 0.2) is 0 Å². The van der Waals surface area contributed by atoms with Crippen LogP contribution < -0.4 is 10.1 Å². The molecule has 1 N–H and O–H groups in total. The van der Waals surface area contributed by atoms with Crippen molar-refractivity contribution in [2.75, 3.05) is 5.32 Å². The number of nitrogens with one attached hydrogen (secondary N) is 1. The Balaban J connectivity index is 1.46. The van der Waals surface area contributed by atoms with Crippen molar-refractivity contribution in [3.63, 3.8) is 0 Å². The molecule has 0 saturated heterocycles. The number of allylic oxidation sites excluding steroid dienone is 1. The van der Waals surface area contributed by atoms with E-state index in [0.717, 1.165) is 27.3 Å². The molecule has 0 aromatic heterocycles. The predicted octanol–water partition coefficient (Wildman–Crippen LogP) is 5.11. The molecule has 0 unspecified atom stereocenters. The molecule has 0 radical (unpaired) electrons. The van der Waals surface area contributed by atoms with Crippen LogP contribution in [0.2, 0.25) is 0 Å². The summed E-state index contributed by atoms with van der Waals surface area (Å²) in [5.74, 6) is -1.27. The third kappa shape index (κ3) is 4.23. The summed E-state index contributed by atoms with van der Waals surface area (Å²) in [6.07, 6.45) is 2.28. The molecule has 3 aromatic carbocycles. The first kappa shape index (κ1) is 22.6. The van der Waals surface area contributed by atoms with E-state index in [0.29, 0.717) is 16.9 Å². The minimum atomic E-state index is -1.10. The highest BCUT2D eigenvalue weighted by Crippen LogP contribution is 2.36. The summed E-state index contributed by atoms with van der Waals surface area (Å²) in [5.41, 5.74) is 4.20. The highest BCUT2D eigenvalue weighted by Gasteiger charge is 2.43. The van der Waals surface area contributed by atoms with Crippen molar-refractivity contribution in [3.05, 3.63) is 101 Å². The van der Waals surface area contributed by atoms with Crippen LogP contribution in [0.15, 0.2) is 78.9 Å². The van der Waals surface area contributed by atoms with E-state index in [4.69, 9.17) is 4.74 Å². The van der Waals surface area contributed by atoms with E-state index in [-0.39, 0.29) is 12.0 Å². The second-order valence-electron chi connectivity index (χ2n) is 9.53. The number of ether oxygens (including phenoxy) is 1.